The van der Waals surface area contributed by atoms with Gasteiger partial charge in [0.25, 0.3) is 0 Å². The molecule has 0 bridgehead atoms. The monoisotopic (exact) mass is 285 g/mol. The number of ether oxygens (including phenoxy) is 1. The van der Waals surface area contributed by atoms with Gasteiger partial charge in [-0.2, -0.15) is 4.98 Å². The first-order valence-corrected chi connectivity index (χ1v) is 6.30. The van der Waals surface area contributed by atoms with Gasteiger partial charge in [0, 0.05) is 26.5 Å². The SMILES string of the molecule is COCCN(CC(=O)O)C(=O)CCCc1nc(C)no1. The van der Waals surface area contributed by atoms with Crippen LogP contribution in [-0.2, 0) is 20.7 Å². The van der Waals surface area contributed by atoms with Crippen molar-refractivity contribution < 1.29 is 24.0 Å². The third-order valence-electron chi connectivity index (χ3n) is 2.60. The van der Waals surface area contributed by atoms with Gasteiger partial charge >= 0.3 is 5.97 Å². The Bertz CT molecular complexity index is 446. The van der Waals surface area contributed by atoms with Gasteiger partial charge in [-0.1, -0.05) is 5.16 Å². The molecular weight excluding hydrogens is 266 g/mol. The maximum atomic E-state index is 11.9. The summed E-state index contributed by atoms with van der Waals surface area (Å²) < 4.78 is 9.80. The normalized spacial score (nSPS) is 10.5. The molecule has 1 N–H and O–H groups in total. The largest absolute Gasteiger partial charge is 0.480 e. The Balaban J connectivity index is 2.38. The summed E-state index contributed by atoms with van der Waals surface area (Å²) in [6.45, 7) is 1.97. The Morgan fingerprint density at radius 2 is 2.20 bits per heavy atom. The lowest BCUT2D eigenvalue weighted by Crippen LogP contribution is -2.37. The van der Waals surface area contributed by atoms with Gasteiger partial charge in [-0.15, -0.1) is 0 Å². The number of hydrogen-bond acceptors (Lipinski definition) is 6. The standard InChI is InChI=1S/C12H19N3O5/c1-9-13-10(20-14-9)4-3-5-11(16)15(6-7-19-2)8-12(17)18/h3-8H2,1-2H3,(H,17,18). The van der Waals surface area contributed by atoms with Crippen LogP contribution in [0.3, 0.4) is 0 Å². The van der Waals surface area contributed by atoms with E-state index in [9.17, 15) is 9.59 Å². The van der Waals surface area contributed by atoms with Gasteiger partial charge in [0.05, 0.1) is 6.61 Å². The molecule has 1 aromatic heterocycles. The maximum absolute atomic E-state index is 11.9. The van der Waals surface area contributed by atoms with E-state index in [4.69, 9.17) is 14.4 Å². The van der Waals surface area contributed by atoms with Crippen molar-refractivity contribution in [3.8, 4) is 0 Å². The van der Waals surface area contributed by atoms with E-state index in [1.807, 2.05) is 0 Å². The average molecular weight is 285 g/mol. The molecule has 20 heavy (non-hydrogen) atoms. The zero-order valence-corrected chi connectivity index (χ0v) is 11.7. The molecule has 0 aliphatic heterocycles. The molecule has 112 valence electrons. The summed E-state index contributed by atoms with van der Waals surface area (Å²) in [5.41, 5.74) is 0. The van der Waals surface area contributed by atoms with Crippen LogP contribution < -0.4 is 0 Å². The lowest BCUT2D eigenvalue weighted by Gasteiger charge is -2.20. The van der Waals surface area contributed by atoms with Crippen LogP contribution in [0.1, 0.15) is 24.6 Å². The molecule has 0 fully saturated rings. The number of aryl methyl sites for hydroxylation is 2. The van der Waals surface area contributed by atoms with Crippen molar-refractivity contribution in [2.45, 2.75) is 26.2 Å². The first-order chi connectivity index (χ1) is 9.52. The Labute approximate surface area is 116 Å². The van der Waals surface area contributed by atoms with Crippen molar-refractivity contribution in [3.63, 3.8) is 0 Å². The van der Waals surface area contributed by atoms with E-state index in [-0.39, 0.29) is 25.4 Å². The molecule has 0 radical (unpaired) electrons. The Morgan fingerprint density at radius 1 is 1.45 bits per heavy atom. The van der Waals surface area contributed by atoms with Crippen molar-refractivity contribution in [2.24, 2.45) is 0 Å². The lowest BCUT2D eigenvalue weighted by atomic mass is 10.2. The number of carboxylic acid groups (broad SMARTS) is 1. The zero-order chi connectivity index (χ0) is 15.0. The molecule has 0 saturated carbocycles. The van der Waals surface area contributed by atoms with E-state index in [0.717, 1.165) is 0 Å². The number of amides is 1. The van der Waals surface area contributed by atoms with Gasteiger partial charge in [0.1, 0.15) is 6.54 Å². The summed E-state index contributed by atoms with van der Waals surface area (Å²) in [7, 11) is 1.50. The summed E-state index contributed by atoms with van der Waals surface area (Å²) >= 11 is 0. The van der Waals surface area contributed by atoms with Crippen LogP contribution >= 0.6 is 0 Å². The van der Waals surface area contributed by atoms with Gasteiger partial charge in [0.15, 0.2) is 5.82 Å². The van der Waals surface area contributed by atoms with Gasteiger partial charge < -0.3 is 19.3 Å². The number of aliphatic carboxylic acids is 1. The van der Waals surface area contributed by atoms with Crippen LogP contribution in [0.25, 0.3) is 0 Å². The fourth-order valence-corrected chi connectivity index (χ4v) is 1.65. The minimum atomic E-state index is -1.04. The van der Waals surface area contributed by atoms with Crippen LogP contribution in [0.4, 0.5) is 0 Å². The second-order valence-corrected chi connectivity index (χ2v) is 4.29. The summed E-state index contributed by atoms with van der Waals surface area (Å²) in [5, 5.41) is 12.4. The zero-order valence-electron chi connectivity index (χ0n) is 11.7. The van der Waals surface area contributed by atoms with Crippen molar-refractivity contribution in [2.75, 3.05) is 26.8 Å². The van der Waals surface area contributed by atoms with Crippen LogP contribution in [0, 0.1) is 6.92 Å². The van der Waals surface area contributed by atoms with Crippen LogP contribution in [0.5, 0.6) is 0 Å². The Morgan fingerprint density at radius 3 is 2.75 bits per heavy atom. The van der Waals surface area contributed by atoms with Crippen molar-refractivity contribution in [3.05, 3.63) is 11.7 Å². The van der Waals surface area contributed by atoms with E-state index < -0.39 is 5.97 Å². The van der Waals surface area contributed by atoms with Gasteiger partial charge in [-0.3, -0.25) is 9.59 Å². The van der Waals surface area contributed by atoms with Gasteiger partial charge in [-0.05, 0) is 13.3 Å². The molecule has 1 aromatic rings. The van der Waals surface area contributed by atoms with Crippen molar-refractivity contribution in [1.82, 2.24) is 15.0 Å². The third kappa shape index (κ3) is 5.79. The summed E-state index contributed by atoms with van der Waals surface area (Å²) in [4.78, 5) is 27.9. The predicted octanol–water partition coefficient (Wildman–Crippen LogP) is 0.260. The molecule has 1 rings (SSSR count). The quantitative estimate of drug-likeness (QED) is 0.693. The molecule has 0 aromatic carbocycles. The average Bonchev–Trinajstić information content (AvgIpc) is 2.79. The fraction of sp³-hybridized carbons (Fsp3) is 0.667. The predicted molar refractivity (Wildman–Crippen MR) is 68.1 cm³/mol. The number of carbonyl (C=O) groups is 2. The molecule has 0 spiro atoms. The highest BCUT2D eigenvalue weighted by molar-refractivity contribution is 5.81. The molecule has 0 aliphatic carbocycles. The number of hydrogen-bond donors (Lipinski definition) is 1. The van der Waals surface area contributed by atoms with E-state index in [1.54, 1.807) is 6.92 Å². The molecular formula is C12H19N3O5. The second kappa shape index (κ2) is 8.26. The number of nitrogens with zero attached hydrogens (tertiary/aromatic N) is 3. The molecule has 0 aliphatic rings. The van der Waals surface area contributed by atoms with Gasteiger partial charge in [-0.25, -0.2) is 0 Å². The Kier molecular flexibility index (Phi) is 6.65. The summed E-state index contributed by atoms with van der Waals surface area (Å²) in [6.07, 6.45) is 1.26. The minimum Gasteiger partial charge on any atom is -0.480 e. The maximum Gasteiger partial charge on any atom is 0.323 e. The third-order valence-corrected chi connectivity index (χ3v) is 2.60. The molecule has 8 nitrogen and oxygen atoms in total. The smallest absolute Gasteiger partial charge is 0.323 e. The summed E-state index contributed by atoms with van der Waals surface area (Å²) in [6, 6.07) is 0. The highest BCUT2D eigenvalue weighted by Gasteiger charge is 2.16. The fourth-order valence-electron chi connectivity index (χ4n) is 1.65. The molecule has 0 atom stereocenters. The highest BCUT2D eigenvalue weighted by Crippen LogP contribution is 2.05. The Hall–Kier alpha value is -1.96. The van der Waals surface area contributed by atoms with E-state index >= 15 is 0 Å². The molecule has 0 unspecified atom stereocenters. The number of methoxy groups -OCH3 is 1. The highest BCUT2D eigenvalue weighted by atomic mass is 16.5. The van der Waals surface area contributed by atoms with Crippen molar-refractivity contribution in [1.29, 1.82) is 0 Å². The van der Waals surface area contributed by atoms with E-state index in [1.165, 1.54) is 12.0 Å². The first kappa shape index (κ1) is 16.1. The summed E-state index contributed by atoms with van der Waals surface area (Å²) in [5.74, 6) is -0.224. The molecule has 0 saturated heterocycles. The number of rotatable bonds is 9. The van der Waals surface area contributed by atoms with Crippen LogP contribution in [0.15, 0.2) is 4.52 Å². The number of carboxylic acids is 1. The van der Waals surface area contributed by atoms with Crippen LogP contribution in [0.2, 0.25) is 0 Å². The van der Waals surface area contributed by atoms with E-state index in [0.29, 0.717) is 31.2 Å². The molecule has 8 heteroatoms. The van der Waals surface area contributed by atoms with Gasteiger partial charge in [0.2, 0.25) is 11.8 Å². The lowest BCUT2D eigenvalue weighted by molar-refractivity contribution is -0.144. The van der Waals surface area contributed by atoms with E-state index in [2.05, 4.69) is 10.1 Å². The van der Waals surface area contributed by atoms with Crippen LogP contribution in [-0.4, -0.2) is 58.8 Å². The second-order valence-electron chi connectivity index (χ2n) is 4.29. The first-order valence-electron chi connectivity index (χ1n) is 6.30. The number of carbonyl (C=O) groups excluding carboxylic acids is 1. The molecule has 1 amide bonds. The van der Waals surface area contributed by atoms with Crippen molar-refractivity contribution >= 4 is 11.9 Å². The molecule has 1 heterocycles. The topological polar surface area (TPSA) is 106 Å². The minimum absolute atomic E-state index is 0.222. The number of aromatic nitrogens is 2.